The lowest BCUT2D eigenvalue weighted by Gasteiger charge is -2.32. The summed E-state index contributed by atoms with van der Waals surface area (Å²) in [6.07, 6.45) is 0. The van der Waals surface area contributed by atoms with Crippen molar-refractivity contribution in [1.29, 1.82) is 0 Å². The van der Waals surface area contributed by atoms with Crippen molar-refractivity contribution in [1.82, 2.24) is 15.1 Å². The third kappa shape index (κ3) is 5.92. The van der Waals surface area contributed by atoms with Crippen LogP contribution in [0, 0.1) is 5.82 Å². The molecule has 1 saturated heterocycles. The number of piperazine rings is 1. The number of likely N-dealkylation sites (N-methyl/N-ethyl adjacent to an activating group) is 1. The zero-order chi connectivity index (χ0) is 20.8. The van der Waals surface area contributed by atoms with E-state index in [0.29, 0.717) is 17.9 Å². The molecule has 1 heterocycles. The average molecular weight is 420 g/mol. The number of nitrogens with zero attached hydrogens (tertiary/aromatic N) is 2. The van der Waals surface area contributed by atoms with Crippen LogP contribution >= 0.6 is 11.6 Å². The zero-order valence-electron chi connectivity index (χ0n) is 16.2. The van der Waals surface area contributed by atoms with Crippen LogP contribution in [0.3, 0.4) is 0 Å². The quantitative estimate of drug-likeness (QED) is 0.781. The average Bonchev–Trinajstić information content (AvgIpc) is 2.73. The maximum Gasteiger partial charge on any atom is 0.258 e. The van der Waals surface area contributed by atoms with Crippen LogP contribution in [0.5, 0.6) is 5.75 Å². The number of hydrogen-bond donors (Lipinski definition) is 1. The first kappa shape index (κ1) is 21.1. The molecular formula is C21H23ClFN3O3. The summed E-state index contributed by atoms with van der Waals surface area (Å²) >= 11 is 5.68. The van der Waals surface area contributed by atoms with Gasteiger partial charge in [0.2, 0.25) is 0 Å². The van der Waals surface area contributed by atoms with Gasteiger partial charge in [-0.2, -0.15) is 0 Å². The van der Waals surface area contributed by atoms with Crippen molar-refractivity contribution in [2.75, 3.05) is 39.8 Å². The lowest BCUT2D eigenvalue weighted by atomic mass is 10.1. The van der Waals surface area contributed by atoms with Crippen molar-refractivity contribution in [3.05, 3.63) is 64.4 Å². The molecule has 1 aliphatic heterocycles. The van der Waals surface area contributed by atoms with Crippen LogP contribution in [0.2, 0.25) is 5.02 Å². The molecule has 1 aliphatic rings. The molecule has 0 spiro atoms. The number of halogens is 2. The van der Waals surface area contributed by atoms with Gasteiger partial charge in [-0.25, -0.2) is 4.39 Å². The fourth-order valence-electron chi connectivity index (χ4n) is 2.92. The molecule has 3 rings (SSSR count). The first-order valence-corrected chi connectivity index (χ1v) is 9.71. The molecule has 29 heavy (non-hydrogen) atoms. The summed E-state index contributed by atoms with van der Waals surface area (Å²) < 4.78 is 18.4. The Morgan fingerprint density at radius 3 is 2.45 bits per heavy atom. The Kier molecular flexibility index (Phi) is 7.06. The summed E-state index contributed by atoms with van der Waals surface area (Å²) in [4.78, 5) is 28.5. The molecule has 2 amide bonds. The molecule has 0 saturated carbocycles. The maximum atomic E-state index is 13.1. The monoisotopic (exact) mass is 419 g/mol. The van der Waals surface area contributed by atoms with Crippen LogP contribution in [0.1, 0.15) is 15.9 Å². The lowest BCUT2D eigenvalue weighted by Crippen LogP contribution is -2.47. The van der Waals surface area contributed by atoms with Gasteiger partial charge in [0.1, 0.15) is 11.6 Å². The topological polar surface area (TPSA) is 61.9 Å². The van der Waals surface area contributed by atoms with Crippen LogP contribution in [0.15, 0.2) is 42.5 Å². The summed E-state index contributed by atoms with van der Waals surface area (Å²) in [6.45, 7) is 3.32. The fraction of sp³-hybridized carbons (Fsp3) is 0.333. The molecule has 2 aromatic rings. The van der Waals surface area contributed by atoms with E-state index in [0.717, 1.165) is 31.7 Å². The van der Waals surface area contributed by atoms with E-state index in [9.17, 15) is 14.0 Å². The Morgan fingerprint density at radius 1 is 1.10 bits per heavy atom. The minimum absolute atomic E-state index is 0.0278. The number of ether oxygens (including phenoxy) is 1. The molecular weight excluding hydrogens is 397 g/mol. The standard InChI is InChI=1S/C21H23ClFN3O3/c1-25-8-10-26(11-9-25)21(28)16-4-2-15(3-5-16)13-24-20(27)14-29-17-6-7-19(23)18(22)12-17/h2-7,12H,8-11,13-14H2,1H3,(H,24,27). The van der Waals surface area contributed by atoms with Gasteiger partial charge < -0.3 is 19.9 Å². The molecule has 0 radical (unpaired) electrons. The minimum atomic E-state index is -0.544. The van der Waals surface area contributed by atoms with Crippen LogP contribution in [-0.2, 0) is 11.3 Å². The Morgan fingerprint density at radius 2 is 1.79 bits per heavy atom. The van der Waals surface area contributed by atoms with Crippen molar-refractivity contribution in [2.24, 2.45) is 0 Å². The second kappa shape index (κ2) is 9.71. The van der Waals surface area contributed by atoms with Crippen LogP contribution in [0.4, 0.5) is 4.39 Å². The largest absolute Gasteiger partial charge is 0.484 e. The van der Waals surface area contributed by atoms with Gasteiger partial charge in [-0.1, -0.05) is 23.7 Å². The third-order valence-corrected chi connectivity index (χ3v) is 5.03. The molecule has 0 aliphatic carbocycles. The van der Waals surface area contributed by atoms with E-state index in [1.807, 2.05) is 24.1 Å². The van der Waals surface area contributed by atoms with E-state index in [-0.39, 0.29) is 23.4 Å². The Bertz CT molecular complexity index is 868. The summed E-state index contributed by atoms with van der Waals surface area (Å²) in [6, 6.07) is 11.1. The van der Waals surface area contributed by atoms with Gasteiger partial charge in [-0.05, 0) is 36.9 Å². The maximum absolute atomic E-state index is 13.1. The highest BCUT2D eigenvalue weighted by Crippen LogP contribution is 2.20. The van der Waals surface area contributed by atoms with Crippen molar-refractivity contribution < 1.29 is 18.7 Å². The second-order valence-electron chi connectivity index (χ2n) is 6.93. The van der Waals surface area contributed by atoms with E-state index in [1.165, 1.54) is 18.2 Å². The summed E-state index contributed by atoms with van der Waals surface area (Å²) in [5, 5.41) is 2.68. The molecule has 8 heteroatoms. The van der Waals surface area contributed by atoms with E-state index >= 15 is 0 Å². The van der Waals surface area contributed by atoms with Crippen LogP contribution in [-0.4, -0.2) is 61.4 Å². The predicted octanol–water partition coefficient (Wildman–Crippen LogP) is 2.56. The molecule has 1 N–H and O–H groups in total. The Balaban J connectivity index is 1.45. The molecule has 2 aromatic carbocycles. The van der Waals surface area contributed by atoms with Gasteiger partial charge in [0.25, 0.3) is 11.8 Å². The number of rotatable bonds is 6. The summed E-state index contributed by atoms with van der Waals surface area (Å²) in [5.41, 5.74) is 1.51. The molecule has 6 nitrogen and oxygen atoms in total. The SMILES string of the molecule is CN1CCN(C(=O)c2ccc(CNC(=O)COc3ccc(F)c(Cl)c3)cc2)CC1. The van der Waals surface area contributed by atoms with Crippen molar-refractivity contribution in [3.8, 4) is 5.75 Å². The van der Waals surface area contributed by atoms with Gasteiger partial charge in [0.15, 0.2) is 6.61 Å². The molecule has 0 aromatic heterocycles. The Labute approximate surface area is 174 Å². The van der Waals surface area contributed by atoms with Crippen molar-refractivity contribution in [3.63, 3.8) is 0 Å². The van der Waals surface area contributed by atoms with Crippen molar-refractivity contribution >= 4 is 23.4 Å². The number of amides is 2. The first-order chi connectivity index (χ1) is 13.9. The van der Waals surface area contributed by atoms with E-state index < -0.39 is 5.82 Å². The van der Waals surface area contributed by atoms with Crippen molar-refractivity contribution in [2.45, 2.75) is 6.54 Å². The van der Waals surface area contributed by atoms with E-state index in [4.69, 9.17) is 16.3 Å². The predicted molar refractivity (Wildman–Crippen MR) is 109 cm³/mol. The smallest absolute Gasteiger partial charge is 0.258 e. The number of hydrogen-bond acceptors (Lipinski definition) is 4. The van der Waals surface area contributed by atoms with Gasteiger partial charge in [0, 0.05) is 44.4 Å². The summed E-state index contributed by atoms with van der Waals surface area (Å²) in [7, 11) is 2.05. The van der Waals surface area contributed by atoms with E-state index in [2.05, 4.69) is 10.2 Å². The van der Waals surface area contributed by atoms with Crippen LogP contribution < -0.4 is 10.1 Å². The minimum Gasteiger partial charge on any atom is -0.484 e. The zero-order valence-corrected chi connectivity index (χ0v) is 16.9. The number of nitrogens with one attached hydrogen (secondary N) is 1. The number of carbonyl (C=O) groups is 2. The highest BCUT2D eigenvalue weighted by molar-refractivity contribution is 6.30. The van der Waals surface area contributed by atoms with Gasteiger partial charge in [-0.15, -0.1) is 0 Å². The normalized spacial score (nSPS) is 14.5. The van der Waals surface area contributed by atoms with Gasteiger partial charge in [0.05, 0.1) is 5.02 Å². The first-order valence-electron chi connectivity index (χ1n) is 9.33. The second-order valence-corrected chi connectivity index (χ2v) is 7.34. The highest BCUT2D eigenvalue weighted by Gasteiger charge is 2.20. The molecule has 0 bridgehead atoms. The fourth-order valence-corrected chi connectivity index (χ4v) is 3.10. The summed E-state index contributed by atoms with van der Waals surface area (Å²) in [5.74, 6) is -0.514. The molecule has 0 unspecified atom stereocenters. The lowest BCUT2D eigenvalue weighted by molar-refractivity contribution is -0.123. The van der Waals surface area contributed by atoms with Crippen LogP contribution in [0.25, 0.3) is 0 Å². The Hall–Kier alpha value is -2.64. The number of carbonyl (C=O) groups excluding carboxylic acids is 2. The molecule has 1 fully saturated rings. The van der Waals surface area contributed by atoms with E-state index in [1.54, 1.807) is 12.1 Å². The third-order valence-electron chi connectivity index (χ3n) is 4.74. The van der Waals surface area contributed by atoms with Gasteiger partial charge >= 0.3 is 0 Å². The number of benzene rings is 2. The molecule has 0 atom stereocenters. The molecule has 154 valence electrons. The highest BCUT2D eigenvalue weighted by atomic mass is 35.5. The van der Waals surface area contributed by atoms with Gasteiger partial charge in [-0.3, -0.25) is 9.59 Å².